The van der Waals surface area contributed by atoms with Crippen LogP contribution in [0, 0.1) is 5.82 Å². The zero-order chi connectivity index (χ0) is 25.3. The number of nitrogens with zero attached hydrogens (tertiary/aromatic N) is 3. The molecule has 0 radical (unpaired) electrons. The smallest absolute Gasteiger partial charge is 0.381 e. The van der Waals surface area contributed by atoms with Gasteiger partial charge in [0.1, 0.15) is 22.6 Å². The topological polar surface area (TPSA) is 92.7 Å². The Labute approximate surface area is 198 Å². The summed E-state index contributed by atoms with van der Waals surface area (Å²) < 4.78 is 70.0. The molecular formula is C22H18F5N5O2S. The van der Waals surface area contributed by atoms with E-state index >= 15 is 0 Å². The predicted octanol–water partition coefficient (Wildman–Crippen LogP) is 4.60. The van der Waals surface area contributed by atoms with Crippen molar-refractivity contribution in [3.05, 3.63) is 74.3 Å². The zero-order valence-electron chi connectivity index (χ0n) is 18.1. The van der Waals surface area contributed by atoms with Crippen molar-refractivity contribution >= 4 is 27.8 Å². The van der Waals surface area contributed by atoms with Crippen molar-refractivity contribution in [3.8, 4) is 10.6 Å². The third-order valence-electron chi connectivity index (χ3n) is 5.27. The summed E-state index contributed by atoms with van der Waals surface area (Å²) in [5, 5.41) is 10.2. The quantitative estimate of drug-likeness (QED) is 0.354. The summed E-state index contributed by atoms with van der Waals surface area (Å²) in [5.74, 6) is -0.635. The molecule has 0 unspecified atom stereocenters. The van der Waals surface area contributed by atoms with Crippen LogP contribution in [-0.2, 0) is 12.7 Å². The lowest BCUT2D eigenvalue weighted by atomic mass is 10.1. The maximum Gasteiger partial charge on any atom is 0.423 e. The Morgan fingerprint density at radius 1 is 1.26 bits per heavy atom. The number of nitrogens with one attached hydrogen (secondary N) is 2. The number of pyridine rings is 1. The lowest BCUT2D eigenvalue weighted by molar-refractivity contribution is -0.138. The van der Waals surface area contributed by atoms with E-state index in [1.54, 1.807) is 16.5 Å². The van der Waals surface area contributed by atoms with E-state index in [4.69, 9.17) is 0 Å². The van der Waals surface area contributed by atoms with Crippen molar-refractivity contribution in [2.24, 2.45) is 0 Å². The number of hydrogen-bond donors (Lipinski definition) is 2. The number of rotatable bonds is 7. The predicted molar refractivity (Wildman–Crippen MR) is 122 cm³/mol. The van der Waals surface area contributed by atoms with Gasteiger partial charge in [0.2, 0.25) is 0 Å². The normalized spacial score (nSPS) is 13.7. The standard InChI is InChI=1S/C22H18F5N5O2S/c1-11(30-17-9-29-31-19(33)18(17)22(25,26)27)6-13(23)10-32-4-2-12-7-15(20-28-3-5-35-20)16(24)8-14(12)21(32)34/h2-5,7-9,11,13H,6,10H2,1H3,(H2,30,31,33)/t11-,13+/m0/s1. The fourth-order valence-electron chi connectivity index (χ4n) is 3.75. The van der Waals surface area contributed by atoms with Crippen LogP contribution in [0.2, 0.25) is 0 Å². The van der Waals surface area contributed by atoms with Crippen LogP contribution in [0.3, 0.4) is 0 Å². The van der Waals surface area contributed by atoms with Crippen LogP contribution in [-0.4, -0.2) is 32.0 Å². The van der Waals surface area contributed by atoms with Crippen LogP contribution in [0.5, 0.6) is 0 Å². The summed E-state index contributed by atoms with van der Waals surface area (Å²) in [4.78, 5) is 28.4. The maximum atomic E-state index is 14.8. The van der Waals surface area contributed by atoms with E-state index in [1.165, 1.54) is 36.7 Å². The first kappa shape index (κ1) is 24.5. The first-order chi connectivity index (χ1) is 16.5. The highest BCUT2D eigenvalue weighted by atomic mass is 32.1. The van der Waals surface area contributed by atoms with Gasteiger partial charge in [-0.1, -0.05) is 0 Å². The molecule has 0 bridgehead atoms. The molecule has 0 spiro atoms. The fraction of sp³-hybridized carbons (Fsp3) is 0.273. The van der Waals surface area contributed by atoms with E-state index in [0.717, 1.165) is 16.8 Å². The van der Waals surface area contributed by atoms with Crippen molar-refractivity contribution in [2.45, 2.75) is 38.3 Å². The average Bonchev–Trinajstić information content (AvgIpc) is 3.29. The number of hydrogen-bond acceptors (Lipinski definition) is 6. The highest BCUT2D eigenvalue weighted by Crippen LogP contribution is 2.32. The third-order valence-corrected chi connectivity index (χ3v) is 6.08. The van der Waals surface area contributed by atoms with Crippen LogP contribution in [0.4, 0.5) is 27.6 Å². The molecule has 0 aliphatic carbocycles. The van der Waals surface area contributed by atoms with Crippen molar-refractivity contribution < 1.29 is 22.0 Å². The summed E-state index contributed by atoms with van der Waals surface area (Å²) >= 11 is 1.25. The van der Waals surface area contributed by atoms with Gasteiger partial charge >= 0.3 is 6.18 Å². The SMILES string of the molecule is C[C@@H](C[C@@H](F)Cn1ccc2cc(-c3nccs3)c(F)cc2c1=O)Nc1cn[nH]c(=O)c1C(F)(F)F. The molecule has 1 aromatic carbocycles. The van der Waals surface area contributed by atoms with E-state index in [2.05, 4.69) is 15.4 Å². The van der Waals surface area contributed by atoms with Gasteiger partial charge in [0.15, 0.2) is 0 Å². The second kappa shape index (κ2) is 9.56. The lowest BCUT2D eigenvalue weighted by Crippen LogP contribution is -2.30. The van der Waals surface area contributed by atoms with Crippen molar-refractivity contribution in [3.63, 3.8) is 0 Å². The molecule has 3 aromatic heterocycles. The molecule has 0 aliphatic heterocycles. The Balaban J connectivity index is 1.50. The van der Waals surface area contributed by atoms with Gasteiger partial charge in [-0.25, -0.2) is 18.9 Å². The van der Waals surface area contributed by atoms with E-state index in [0.29, 0.717) is 10.4 Å². The van der Waals surface area contributed by atoms with E-state index in [-0.39, 0.29) is 17.4 Å². The van der Waals surface area contributed by atoms with Gasteiger partial charge in [-0.2, -0.15) is 18.3 Å². The number of aromatic amines is 1. The molecule has 0 saturated heterocycles. The monoisotopic (exact) mass is 511 g/mol. The van der Waals surface area contributed by atoms with Gasteiger partial charge in [-0.05, 0) is 30.5 Å². The molecule has 0 amide bonds. The molecule has 3 heterocycles. The van der Waals surface area contributed by atoms with Crippen molar-refractivity contribution in [1.82, 2.24) is 19.7 Å². The number of benzene rings is 1. The Kier molecular flexibility index (Phi) is 6.70. The minimum Gasteiger partial charge on any atom is -0.381 e. The van der Waals surface area contributed by atoms with E-state index < -0.39 is 53.1 Å². The number of H-pyrrole nitrogens is 1. The fourth-order valence-corrected chi connectivity index (χ4v) is 4.41. The largest absolute Gasteiger partial charge is 0.423 e. The van der Waals surface area contributed by atoms with Gasteiger partial charge in [-0.15, -0.1) is 11.3 Å². The van der Waals surface area contributed by atoms with E-state index in [1.807, 2.05) is 0 Å². The molecule has 4 rings (SSSR count). The summed E-state index contributed by atoms with van der Waals surface area (Å²) in [7, 11) is 0. The molecule has 184 valence electrons. The van der Waals surface area contributed by atoms with Crippen LogP contribution in [0.25, 0.3) is 21.3 Å². The van der Waals surface area contributed by atoms with Gasteiger partial charge in [0.05, 0.1) is 23.8 Å². The van der Waals surface area contributed by atoms with E-state index in [9.17, 15) is 31.5 Å². The minimum atomic E-state index is -4.93. The second-order valence-corrected chi connectivity index (χ2v) is 8.79. The zero-order valence-corrected chi connectivity index (χ0v) is 18.9. The van der Waals surface area contributed by atoms with Crippen molar-refractivity contribution in [2.75, 3.05) is 5.32 Å². The first-order valence-corrected chi connectivity index (χ1v) is 11.2. The number of halogens is 5. The summed E-state index contributed by atoms with van der Waals surface area (Å²) in [6, 6.07) is 3.31. The molecule has 7 nitrogen and oxygen atoms in total. The second-order valence-electron chi connectivity index (χ2n) is 7.89. The lowest BCUT2D eigenvalue weighted by Gasteiger charge is -2.20. The molecule has 0 fully saturated rings. The molecule has 35 heavy (non-hydrogen) atoms. The van der Waals surface area contributed by atoms with Crippen LogP contribution in [0.15, 0.2) is 51.8 Å². The molecule has 4 aromatic rings. The Hall–Kier alpha value is -3.61. The van der Waals surface area contributed by atoms with Crippen molar-refractivity contribution in [1.29, 1.82) is 0 Å². The number of alkyl halides is 4. The number of anilines is 1. The number of aromatic nitrogens is 4. The average molecular weight is 511 g/mol. The van der Waals surface area contributed by atoms with Gasteiger partial charge < -0.3 is 9.88 Å². The summed E-state index contributed by atoms with van der Waals surface area (Å²) in [6.07, 6.45) is -3.11. The maximum absolute atomic E-state index is 14.8. The molecule has 0 aliphatic rings. The summed E-state index contributed by atoms with van der Waals surface area (Å²) in [6.45, 7) is 1.04. The van der Waals surface area contributed by atoms with Crippen LogP contribution < -0.4 is 16.4 Å². The van der Waals surface area contributed by atoms with Gasteiger partial charge in [-0.3, -0.25) is 9.59 Å². The molecule has 2 N–H and O–H groups in total. The summed E-state index contributed by atoms with van der Waals surface area (Å²) in [5.41, 5.74) is -3.80. The number of fused-ring (bicyclic) bond motifs is 1. The Morgan fingerprint density at radius 2 is 2.03 bits per heavy atom. The Morgan fingerprint density at radius 3 is 2.71 bits per heavy atom. The highest BCUT2D eigenvalue weighted by Gasteiger charge is 2.37. The first-order valence-electron chi connectivity index (χ1n) is 10.3. The molecule has 13 heteroatoms. The molecular weight excluding hydrogens is 493 g/mol. The molecule has 0 saturated carbocycles. The van der Waals surface area contributed by atoms with Crippen LogP contribution >= 0.6 is 11.3 Å². The van der Waals surface area contributed by atoms with Gasteiger partial charge in [0.25, 0.3) is 11.1 Å². The minimum absolute atomic E-state index is 0.0630. The third kappa shape index (κ3) is 5.24. The Bertz CT molecular complexity index is 1470. The number of thiazole rings is 1. The van der Waals surface area contributed by atoms with Gasteiger partial charge in [0, 0.05) is 35.8 Å². The highest BCUT2D eigenvalue weighted by molar-refractivity contribution is 7.13. The van der Waals surface area contributed by atoms with Crippen LogP contribution in [0.1, 0.15) is 18.9 Å². The molecule has 2 atom stereocenters.